The molecule has 3 fully saturated rings. The standard InChI is InChI=1S/C45H53NO14/c1-23(2)19-29(46-39(52)27-15-11-9-12-16-27)34(50)41(54)58-30-21-45(55)38(59-40(53)28-17-13-10-14-18-28)36-43(8,31(49)20-32-44(36,22-56-32)60-26(5)48)37(51)35(57-25(4)47)33(24(30)3)42(45,6)7/h9-19,29-32,34-36,38,49-50,55H,20-22H2,1-8H3,(H,46,52)/t29-,30-,31-,32+,34+,35+,36-,38-,43+,44-,45+/m0/s1. The molecule has 15 heteroatoms. The highest BCUT2D eigenvalue weighted by atomic mass is 16.6. The predicted molar refractivity (Wildman–Crippen MR) is 212 cm³/mol. The number of hydrogen-bond donors (Lipinski definition) is 4. The number of rotatable bonds is 10. The number of Topliss-reactive ketones (excluding diaryl/α,β-unsaturated/α-hetero) is 1. The number of hydrogen-bond acceptors (Lipinski definition) is 14. The van der Waals surface area contributed by atoms with E-state index in [4.69, 9.17) is 23.7 Å². The van der Waals surface area contributed by atoms with Crippen LogP contribution < -0.4 is 5.32 Å². The highest BCUT2D eigenvalue weighted by Crippen LogP contribution is 2.64. The summed E-state index contributed by atoms with van der Waals surface area (Å²) in [7, 11) is 0. The van der Waals surface area contributed by atoms with Crippen molar-refractivity contribution in [1.82, 2.24) is 5.32 Å². The van der Waals surface area contributed by atoms with Crippen LogP contribution >= 0.6 is 0 Å². The van der Waals surface area contributed by atoms with E-state index in [2.05, 4.69) is 5.32 Å². The van der Waals surface area contributed by atoms with Crippen LogP contribution in [0, 0.1) is 16.7 Å². The van der Waals surface area contributed by atoms with E-state index >= 15 is 4.79 Å². The van der Waals surface area contributed by atoms with Gasteiger partial charge >= 0.3 is 23.9 Å². The van der Waals surface area contributed by atoms with Gasteiger partial charge in [-0.2, -0.15) is 0 Å². The zero-order chi connectivity index (χ0) is 44.1. The fraction of sp³-hybridized carbons (Fsp3) is 0.511. The monoisotopic (exact) mass is 831 g/mol. The van der Waals surface area contributed by atoms with Gasteiger partial charge in [-0.05, 0) is 63.1 Å². The number of carbonyl (C=O) groups is 6. The molecule has 11 atom stereocenters. The molecule has 1 amide bonds. The molecule has 1 saturated heterocycles. The number of ketones is 1. The summed E-state index contributed by atoms with van der Waals surface area (Å²) in [5.74, 6) is -6.79. The molecule has 1 heterocycles. The molecule has 4 N–H and O–H groups in total. The van der Waals surface area contributed by atoms with E-state index in [1.54, 1.807) is 76.2 Å². The van der Waals surface area contributed by atoms with Gasteiger partial charge in [0.05, 0.1) is 35.6 Å². The third-order valence-electron chi connectivity index (χ3n) is 12.9. The molecule has 2 aromatic rings. The molecular formula is C45H53NO14. The lowest BCUT2D eigenvalue weighted by atomic mass is 9.44. The van der Waals surface area contributed by atoms with Gasteiger partial charge in [-0.25, -0.2) is 9.59 Å². The minimum Gasteiger partial charge on any atom is -0.456 e. The summed E-state index contributed by atoms with van der Waals surface area (Å²) in [4.78, 5) is 82.8. The number of aliphatic hydroxyl groups excluding tert-OH is 2. The summed E-state index contributed by atoms with van der Waals surface area (Å²) in [6.07, 6.45) is -8.92. The number of esters is 4. The van der Waals surface area contributed by atoms with Gasteiger partial charge in [0.15, 0.2) is 23.6 Å². The third kappa shape index (κ3) is 7.45. The molecule has 60 heavy (non-hydrogen) atoms. The molecular weight excluding hydrogens is 778 g/mol. The average Bonchev–Trinajstić information content (AvgIpc) is 3.18. The first kappa shape index (κ1) is 44.3. The van der Waals surface area contributed by atoms with E-state index in [1.807, 2.05) is 0 Å². The van der Waals surface area contributed by atoms with Crippen molar-refractivity contribution >= 4 is 35.6 Å². The predicted octanol–water partition coefficient (Wildman–Crippen LogP) is 3.33. The van der Waals surface area contributed by atoms with Crippen molar-refractivity contribution in [2.75, 3.05) is 6.61 Å². The van der Waals surface area contributed by atoms with Gasteiger partial charge in [-0.3, -0.25) is 19.2 Å². The minimum atomic E-state index is -2.38. The van der Waals surface area contributed by atoms with E-state index in [0.717, 1.165) is 13.8 Å². The van der Waals surface area contributed by atoms with Gasteiger partial charge in [-0.1, -0.05) is 61.9 Å². The number of ether oxygens (including phenoxy) is 5. The SMILES string of the molecule is CC(=O)O[C@H]1C(=O)[C@@]2(C)[C@H]([C@H](OC(=O)c3ccccc3)[C@]3(O)C[C@H](OC(=O)[C@H](O)[C@H](C=C(C)C)NC(=O)c4ccccc4)C(C)=C1C3(C)C)[C@]1(OC(C)=O)CO[C@@H]1C[C@@H]2O. The quantitative estimate of drug-likeness (QED) is 0.153. The Balaban J connectivity index is 1.53. The van der Waals surface area contributed by atoms with Crippen LogP contribution in [-0.4, -0.2) is 111 Å². The van der Waals surface area contributed by atoms with Gasteiger partial charge in [0, 0.05) is 37.7 Å². The lowest BCUT2D eigenvalue weighted by Crippen LogP contribution is -2.82. The van der Waals surface area contributed by atoms with Crippen molar-refractivity contribution in [3.05, 3.63) is 94.6 Å². The zero-order valence-corrected chi connectivity index (χ0v) is 34.9. The Kier molecular flexibility index (Phi) is 12.1. The van der Waals surface area contributed by atoms with Crippen molar-refractivity contribution in [3.63, 3.8) is 0 Å². The second-order valence-electron chi connectivity index (χ2n) is 17.2. The molecule has 2 bridgehead atoms. The fourth-order valence-corrected chi connectivity index (χ4v) is 9.77. The van der Waals surface area contributed by atoms with Gasteiger partial charge in [0.25, 0.3) is 5.91 Å². The number of amides is 1. The molecule has 3 aliphatic carbocycles. The summed E-state index contributed by atoms with van der Waals surface area (Å²) < 4.78 is 30.1. The summed E-state index contributed by atoms with van der Waals surface area (Å²) in [6, 6.07) is 14.7. The normalized spacial score (nSPS) is 32.5. The summed E-state index contributed by atoms with van der Waals surface area (Å²) in [6.45, 7) is 11.4. The maximum atomic E-state index is 15.4. The van der Waals surface area contributed by atoms with Crippen LogP contribution in [0.5, 0.6) is 0 Å². The fourth-order valence-electron chi connectivity index (χ4n) is 9.77. The van der Waals surface area contributed by atoms with Gasteiger partial charge in [0.1, 0.15) is 23.9 Å². The molecule has 0 radical (unpaired) electrons. The number of allylic oxidation sites excluding steroid dienone is 1. The lowest BCUT2D eigenvalue weighted by molar-refractivity contribution is -0.346. The first-order valence-electron chi connectivity index (χ1n) is 19.9. The van der Waals surface area contributed by atoms with E-state index in [9.17, 15) is 39.3 Å². The Bertz CT molecular complexity index is 2110. The summed E-state index contributed by atoms with van der Waals surface area (Å²) >= 11 is 0. The third-order valence-corrected chi connectivity index (χ3v) is 12.9. The second kappa shape index (κ2) is 16.3. The van der Waals surface area contributed by atoms with E-state index in [0.29, 0.717) is 5.57 Å². The Morgan fingerprint density at radius 2 is 1.48 bits per heavy atom. The maximum absolute atomic E-state index is 15.4. The van der Waals surface area contributed by atoms with Crippen LogP contribution in [-0.2, 0) is 42.9 Å². The molecule has 0 unspecified atom stereocenters. The van der Waals surface area contributed by atoms with Crippen LogP contribution in [0.3, 0.4) is 0 Å². The summed E-state index contributed by atoms with van der Waals surface area (Å²) in [5.41, 5.74) is -6.66. The van der Waals surface area contributed by atoms with Crippen LogP contribution in [0.1, 0.15) is 88.9 Å². The van der Waals surface area contributed by atoms with Gasteiger partial charge < -0.3 is 44.3 Å². The first-order chi connectivity index (χ1) is 28.1. The largest absolute Gasteiger partial charge is 0.456 e. The molecule has 1 aliphatic heterocycles. The smallest absolute Gasteiger partial charge is 0.338 e. The Morgan fingerprint density at radius 3 is 2.02 bits per heavy atom. The number of benzene rings is 2. The molecule has 2 saturated carbocycles. The molecule has 322 valence electrons. The summed E-state index contributed by atoms with van der Waals surface area (Å²) in [5, 5.41) is 39.8. The van der Waals surface area contributed by atoms with Crippen molar-refractivity contribution in [2.24, 2.45) is 16.7 Å². The van der Waals surface area contributed by atoms with Crippen LogP contribution in [0.2, 0.25) is 0 Å². The van der Waals surface area contributed by atoms with E-state index in [-0.39, 0.29) is 35.3 Å². The highest BCUT2D eigenvalue weighted by Gasteiger charge is 2.78. The maximum Gasteiger partial charge on any atom is 0.338 e. The number of carbonyl (C=O) groups excluding carboxylic acids is 6. The molecule has 6 rings (SSSR count). The number of nitrogens with one attached hydrogen (secondary N) is 1. The zero-order valence-electron chi connectivity index (χ0n) is 34.9. The van der Waals surface area contributed by atoms with Crippen molar-refractivity contribution < 1.29 is 67.8 Å². The lowest BCUT2D eigenvalue weighted by Gasteiger charge is -2.67. The Labute approximate surface area is 348 Å². The van der Waals surface area contributed by atoms with Crippen LogP contribution in [0.25, 0.3) is 0 Å². The number of aliphatic hydroxyl groups is 3. The van der Waals surface area contributed by atoms with Crippen molar-refractivity contribution in [3.8, 4) is 0 Å². The molecule has 0 aromatic heterocycles. The average molecular weight is 832 g/mol. The van der Waals surface area contributed by atoms with Crippen LogP contribution in [0.15, 0.2) is 83.5 Å². The minimum absolute atomic E-state index is 0.00289. The van der Waals surface area contributed by atoms with Gasteiger partial charge in [-0.15, -0.1) is 0 Å². The second-order valence-corrected chi connectivity index (χ2v) is 17.2. The topological polar surface area (TPSA) is 221 Å². The molecule has 2 aromatic carbocycles. The molecule has 4 aliphatic rings. The van der Waals surface area contributed by atoms with Crippen molar-refractivity contribution in [2.45, 2.75) is 122 Å². The highest BCUT2D eigenvalue weighted by molar-refractivity contribution is 5.96. The van der Waals surface area contributed by atoms with E-state index < -0.39 is 113 Å². The first-order valence-corrected chi connectivity index (χ1v) is 19.9. The van der Waals surface area contributed by atoms with Crippen LogP contribution in [0.4, 0.5) is 0 Å². The molecule has 0 spiro atoms. The number of fused-ring (bicyclic) bond motifs is 5. The van der Waals surface area contributed by atoms with Gasteiger partial charge in [0.2, 0.25) is 0 Å². The Morgan fingerprint density at radius 1 is 0.883 bits per heavy atom. The van der Waals surface area contributed by atoms with E-state index in [1.165, 1.54) is 32.1 Å². The molecule has 15 nitrogen and oxygen atoms in total. The van der Waals surface area contributed by atoms with Crippen molar-refractivity contribution in [1.29, 1.82) is 0 Å². The Hall–Kier alpha value is -5.22.